The van der Waals surface area contributed by atoms with E-state index in [1.54, 1.807) is 55.6 Å². The van der Waals surface area contributed by atoms with Crippen LogP contribution in [0.1, 0.15) is 19.4 Å². The second kappa shape index (κ2) is 9.46. The summed E-state index contributed by atoms with van der Waals surface area (Å²) in [5.74, 6) is -0.203. The Bertz CT molecular complexity index is 1080. The van der Waals surface area contributed by atoms with Crippen molar-refractivity contribution in [1.29, 1.82) is 0 Å². The summed E-state index contributed by atoms with van der Waals surface area (Å²) in [6.07, 6.45) is 0. The number of hydrogen-bond donors (Lipinski definition) is 1. The number of carbonyl (C=O) groups is 3. The van der Waals surface area contributed by atoms with Crippen molar-refractivity contribution < 1.29 is 19.1 Å². The number of anilines is 2. The van der Waals surface area contributed by atoms with Gasteiger partial charge >= 0.3 is 0 Å². The first kappa shape index (κ1) is 22.5. The lowest BCUT2D eigenvalue weighted by molar-refractivity contribution is -0.121. The van der Waals surface area contributed by atoms with Gasteiger partial charge in [0.2, 0.25) is 5.91 Å². The first-order valence-electron chi connectivity index (χ1n) is 11.1. The van der Waals surface area contributed by atoms with Gasteiger partial charge in [-0.05, 0) is 48.5 Å². The number of likely N-dealkylation sites (N-methyl/N-ethyl adjacent to an activating group) is 1. The molecule has 2 aromatic rings. The minimum Gasteiger partial charge on any atom is -0.497 e. The Morgan fingerprint density at radius 3 is 2.12 bits per heavy atom. The fourth-order valence-corrected chi connectivity index (χ4v) is 4.25. The predicted octanol–water partition coefficient (Wildman–Crippen LogP) is 2.58. The zero-order valence-corrected chi connectivity index (χ0v) is 19.1. The summed E-state index contributed by atoms with van der Waals surface area (Å²) in [5, 5.41) is 2.73. The molecule has 1 saturated heterocycles. The first-order chi connectivity index (χ1) is 15.9. The van der Waals surface area contributed by atoms with Gasteiger partial charge in [0.1, 0.15) is 11.4 Å². The molecule has 2 aromatic carbocycles. The van der Waals surface area contributed by atoms with Gasteiger partial charge in [0.15, 0.2) is 0 Å². The topological polar surface area (TPSA) is 82.2 Å². The SMILES string of the molecule is CCN1CCN(C2=C(c3ccc(NC(C)=O)cc3)C(=O)N(c3ccc(OC)cc3)C2=O)CC1. The van der Waals surface area contributed by atoms with Crippen LogP contribution in [0.25, 0.3) is 5.57 Å². The second-order valence-electron chi connectivity index (χ2n) is 8.05. The highest BCUT2D eigenvalue weighted by molar-refractivity contribution is 6.45. The highest BCUT2D eigenvalue weighted by Gasteiger charge is 2.43. The largest absolute Gasteiger partial charge is 0.497 e. The van der Waals surface area contributed by atoms with Gasteiger partial charge in [0.05, 0.1) is 18.4 Å². The van der Waals surface area contributed by atoms with Crippen LogP contribution in [0.2, 0.25) is 0 Å². The van der Waals surface area contributed by atoms with Crippen molar-refractivity contribution in [1.82, 2.24) is 9.80 Å². The van der Waals surface area contributed by atoms with Crippen LogP contribution in [0.15, 0.2) is 54.2 Å². The zero-order valence-electron chi connectivity index (χ0n) is 19.1. The molecule has 3 amide bonds. The van der Waals surface area contributed by atoms with Crippen molar-refractivity contribution in [3.05, 3.63) is 59.8 Å². The number of ether oxygens (including phenoxy) is 1. The zero-order chi connectivity index (χ0) is 23.5. The van der Waals surface area contributed by atoms with E-state index in [9.17, 15) is 14.4 Å². The lowest BCUT2D eigenvalue weighted by Crippen LogP contribution is -2.47. The Kier molecular flexibility index (Phi) is 6.46. The third-order valence-corrected chi connectivity index (χ3v) is 6.02. The van der Waals surface area contributed by atoms with Crippen molar-refractivity contribution in [2.75, 3.05) is 50.1 Å². The van der Waals surface area contributed by atoms with Crippen LogP contribution >= 0.6 is 0 Å². The molecule has 0 spiro atoms. The monoisotopic (exact) mass is 448 g/mol. The molecular weight excluding hydrogens is 420 g/mol. The first-order valence-corrected chi connectivity index (χ1v) is 11.1. The van der Waals surface area contributed by atoms with Crippen LogP contribution in [0.4, 0.5) is 11.4 Å². The number of nitrogens with zero attached hydrogens (tertiary/aromatic N) is 3. The normalized spacial score (nSPS) is 17.1. The average molecular weight is 449 g/mol. The third kappa shape index (κ3) is 4.47. The molecule has 1 N–H and O–H groups in total. The third-order valence-electron chi connectivity index (χ3n) is 6.02. The number of imide groups is 1. The van der Waals surface area contributed by atoms with Crippen LogP contribution in [-0.2, 0) is 14.4 Å². The molecular formula is C25H28N4O4. The van der Waals surface area contributed by atoms with E-state index in [1.807, 2.05) is 4.90 Å². The molecule has 0 atom stereocenters. The summed E-state index contributed by atoms with van der Waals surface area (Å²) >= 11 is 0. The summed E-state index contributed by atoms with van der Waals surface area (Å²) in [6, 6.07) is 13.9. The van der Waals surface area contributed by atoms with Gasteiger partial charge in [0, 0.05) is 38.8 Å². The second-order valence-corrected chi connectivity index (χ2v) is 8.05. The molecule has 2 heterocycles. The van der Waals surface area contributed by atoms with Crippen LogP contribution in [0.5, 0.6) is 5.75 Å². The maximum absolute atomic E-state index is 13.6. The fourth-order valence-electron chi connectivity index (χ4n) is 4.25. The summed E-state index contributed by atoms with van der Waals surface area (Å²) in [5.41, 5.74) is 2.59. The lowest BCUT2D eigenvalue weighted by atomic mass is 10.0. The molecule has 33 heavy (non-hydrogen) atoms. The molecule has 2 aliphatic rings. The van der Waals surface area contributed by atoms with E-state index in [0.29, 0.717) is 47.0 Å². The Morgan fingerprint density at radius 2 is 1.58 bits per heavy atom. The Balaban J connectivity index is 1.73. The van der Waals surface area contributed by atoms with E-state index in [0.717, 1.165) is 19.6 Å². The number of rotatable bonds is 6. The van der Waals surface area contributed by atoms with E-state index in [1.165, 1.54) is 11.8 Å². The van der Waals surface area contributed by atoms with E-state index in [-0.39, 0.29) is 17.7 Å². The number of hydrogen-bond acceptors (Lipinski definition) is 6. The van der Waals surface area contributed by atoms with Crippen LogP contribution in [0, 0.1) is 0 Å². The molecule has 0 radical (unpaired) electrons. The molecule has 172 valence electrons. The Hall–Kier alpha value is -3.65. The Labute approximate surface area is 193 Å². The number of methoxy groups -OCH3 is 1. The maximum atomic E-state index is 13.6. The summed E-state index contributed by atoms with van der Waals surface area (Å²) in [7, 11) is 1.57. The van der Waals surface area contributed by atoms with E-state index < -0.39 is 0 Å². The molecule has 8 nitrogen and oxygen atoms in total. The molecule has 0 aromatic heterocycles. The molecule has 0 unspecified atom stereocenters. The highest BCUT2D eigenvalue weighted by atomic mass is 16.5. The van der Waals surface area contributed by atoms with E-state index >= 15 is 0 Å². The summed E-state index contributed by atoms with van der Waals surface area (Å²) < 4.78 is 5.21. The van der Waals surface area contributed by atoms with Crippen LogP contribution < -0.4 is 15.0 Å². The van der Waals surface area contributed by atoms with Gasteiger partial charge in [-0.2, -0.15) is 0 Å². The predicted molar refractivity (Wildman–Crippen MR) is 127 cm³/mol. The van der Waals surface area contributed by atoms with Gasteiger partial charge in [-0.15, -0.1) is 0 Å². The Morgan fingerprint density at radius 1 is 0.939 bits per heavy atom. The number of nitrogens with one attached hydrogen (secondary N) is 1. The molecule has 4 rings (SSSR count). The van der Waals surface area contributed by atoms with Gasteiger partial charge in [-0.25, -0.2) is 4.90 Å². The number of amides is 3. The maximum Gasteiger partial charge on any atom is 0.282 e. The van der Waals surface area contributed by atoms with Crippen molar-refractivity contribution >= 4 is 34.7 Å². The molecule has 0 aliphatic carbocycles. The lowest BCUT2D eigenvalue weighted by Gasteiger charge is -2.36. The summed E-state index contributed by atoms with van der Waals surface area (Å²) in [6.45, 7) is 7.52. The van der Waals surface area contributed by atoms with Gasteiger partial charge < -0.3 is 19.9 Å². The van der Waals surface area contributed by atoms with Crippen LogP contribution in [0.3, 0.4) is 0 Å². The van der Waals surface area contributed by atoms with Gasteiger partial charge in [-0.1, -0.05) is 19.1 Å². The van der Waals surface area contributed by atoms with Crippen LogP contribution in [-0.4, -0.2) is 67.4 Å². The van der Waals surface area contributed by atoms with Crippen molar-refractivity contribution in [2.45, 2.75) is 13.8 Å². The van der Waals surface area contributed by atoms with Gasteiger partial charge in [-0.3, -0.25) is 14.4 Å². The number of carbonyl (C=O) groups excluding carboxylic acids is 3. The van der Waals surface area contributed by atoms with Crippen molar-refractivity contribution in [3.8, 4) is 5.75 Å². The fraction of sp³-hybridized carbons (Fsp3) is 0.320. The van der Waals surface area contributed by atoms with E-state index in [2.05, 4.69) is 17.1 Å². The number of piperazine rings is 1. The van der Waals surface area contributed by atoms with Crippen molar-refractivity contribution in [2.24, 2.45) is 0 Å². The smallest absolute Gasteiger partial charge is 0.282 e. The molecule has 2 aliphatic heterocycles. The molecule has 0 saturated carbocycles. The minimum atomic E-state index is -0.356. The van der Waals surface area contributed by atoms with Crippen molar-refractivity contribution in [3.63, 3.8) is 0 Å². The number of benzene rings is 2. The molecule has 1 fully saturated rings. The highest BCUT2D eigenvalue weighted by Crippen LogP contribution is 2.36. The molecule has 0 bridgehead atoms. The summed E-state index contributed by atoms with van der Waals surface area (Å²) in [4.78, 5) is 44.2. The standard InChI is InChI=1S/C25H28N4O4/c1-4-27-13-15-28(16-14-27)23-22(18-5-7-19(8-6-18)26-17(2)30)24(31)29(25(23)32)20-9-11-21(33-3)12-10-20/h5-12H,4,13-16H2,1-3H3,(H,26,30). The molecule has 8 heteroatoms. The minimum absolute atomic E-state index is 0.172. The quantitative estimate of drug-likeness (QED) is 0.684. The average Bonchev–Trinajstić information content (AvgIpc) is 3.09. The van der Waals surface area contributed by atoms with Gasteiger partial charge in [0.25, 0.3) is 11.8 Å². The van der Waals surface area contributed by atoms with E-state index in [4.69, 9.17) is 4.74 Å².